The summed E-state index contributed by atoms with van der Waals surface area (Å²) in [6, 6.07) is 11.5. The fraction of sp³-hybridized carbons (Fsp3) is 0.409. The van der Waals surface area contributed by atoms with Crippen LogP contribution in [0.15, 0.2) is 36.4 Å². The maximum Gasteiger partial charge on any atom is 0.319 e. The number of hydrogen-bond acceptors (Lipinski definition) is 3. The third-order valence-corrected chi connectivity index (χ3v) is 4.70. The van der Waals surface area contributed by atoms with Crippen LogP contribution in [0.4, 0.5) is 10.5 Å². The molecule has 27 heavy (non-hydrogen) atoms. The average molecular weight is 370 g/mol. The number of nitrogens with one attached hydrogen (secondary N) is 2. The van der Waals surface area contributed by atoms with Crippen molar-refractivity contribution in [1.29, 1.82) is 0 Å². The van der Waals surface area contributed by atoms with Gasteiger partial charge in [-0.2, -0.15) is 0 Å². The monoisotopic (exact) mass is 370 g/mol. The van der Waals surface area contributed by atoms with E-state index in [0.29, 0.717) is 17.4 Å². The molecule has 0 aliphatic rings. The molecule has 0 bridgehead atoms. The molecule has 2 N–H and O–H groups in total. The number of ether oxygens (including phenoxy) is 2. The molecule has 0 spiro atoms. The summed E-state index contributed by atoms with van der Waals surface area (Å²) in [5.74, 6) is 1.60. The van der Waals surface area contributed by atoms with E-state index >= 15 is 0 Å². The molecule has 5 nitrogen and oxygen atoms in total. The van der Waals surface area contributed by atoms with Crippen LogP contribution in [0.1, 0.15) is 50.3 Å². The van der Waals surface area contributed by atoms with E-state index in [9.17, 15) is 4.79 Å². The zero-order valence-electron chi connectivity index (χ0n) is 17.3. The molecule has 5 heteroatoms. The van der Waals surface area contributed by atoms with Crippen LogP contribution in [0.25, 0.3) is 0 Å². The van der Waals surface area contributed by atoms with Crippen molar-refractivity contribution in [3.63, 3.8) is 0 Å². The van der Waals surface area contributed by atoms with Gasteiger partial charge in [-0.1, -0.05) is 38.1 Å². The third-order valence-electron chi connectivity index (χ3n) is 4.70. The molecule has 0 radical (unpaired) electrons. The molecule has 0 saturated carbocycles. The first-order chi connectivity index (χ1) is 12.7. The number of benzene rings is 2. The van der Waals surface area contributed by atoms with Crippen molar-refractivity contribution in [3.8, 4) is 11.5 Å². The summed E-state index contributed by atoms with van der Waals surface area (Å²) >= 11 is 0. The first-order valence-corrected chi connectivity index (χ1v) is 9.10. The Labute approximate surface area is 162 Å². The summed E-state index contributed by atoms with van der Waals surface area (Å²) < 4.78 is 10.7. The third kappa shape index (κ3) is 4.73. The smallest absolute Gasteiger partial charge is 0.319 e. The van der Waals surface area contributed by atoms with E-state index < -0.39 is 5.54 Å². The number of carbonyl (C=O) groups excluding carboxylic acids is 1. The van der Waals surface area contributed by atoms with Crippen LogP contribution < -0.4 is 20.1 Å². The standard InChI is InChI=1S/C22H30N2O3/c1-14(2)17-10-8-9-15(3)20(17)23-21(25)24-22(4,5)16-11-12-18(26-6)19(13-16)27-7/h8-14H,1-7H3,(H2,23,24,25). The van der Waals surface area contributed by atoms with E-state index in [2.05, 4.69) is 24.5 Å². The maximum absolute atomic E-state index is 12.7. The number of amides is 2. The molecule has 0 fully saturated rings. The zero-order chi connectivity index (χ0) is 20.2. The topological polar surface area (TPSA) is 59.6 Å². The van der Waals surface area contributed by atoms with Gasteiger partial charge in [0.05, 0.1) is 19.8 Å². The Hall–Kier alpha value is -2.69. The number of methoxy groups -OCH3 is 2. The van der Waals surface area contributed by atoms with Crippen molar-refractivity contribution in [2.45, 2.75) is 46.1 Å². The largest absolute Gasteiger partial charge is 0.493 e. The van der Waals surface area contributed by atoms with Gasteiger partial charge < -0.3 is 20.1 Å². The van der Waals surface area contributed by atoms with Gasteiger partial charge in [0.2, 0.25) is 0 Å². The van der Waals surface area contributed by atoms with Crippen LogP contribution in [0.2, 0.25) is 0 Å². The second-order valence-corrected chi connectivity index (χ2v) is 7.47. The Morgan fingerprint density at radius 3 is 2.30 bits per heavy atom. The van der Waals surface area contributed by atoms with Crippen molar-refractivity contribution in [2.24, 2.45) is 0 Å². The SMILES string of the molecule is COc1ccc(C(C)(C)NC(=O)Nc2c(C)cccc2C(C)C)cc1OC. The van der Waals surface area contributed by atoms with E-state index in [4.69, 9.17) is 9.47 Å². The normalized spacial score (nSPS) is 11.3. The van der Waals surface area contributed by atoms with Gasteiger partial charge in [0.15, 0.2) is 11.5 Å². The number of para-hydroxylation sites is 1. The van der Waals surface area contributed by atoms with E-state index in [0.717, 1.165) is 22.4 Å². The predicted molar refractivity (Wildman–Crippen MR) is 110 cm³/mol. The molecular weight excluding hydrogens is 340 g/mol. The maximum atomic E-state index is 12.7. The van der Waals surface area contributed by atoms with Crippen molar-refractivity contribution in [1.82, 2.24) is 5.32 Å². The molecule has 0 heterocycles. The van der Waals surface area contributed by atoms with Gasteiger partial charge in [0, 0.05) is 5.69 Å². The van der Waals surface area contributed by atoms with Gasteiger partial charge in [0.25, 0.3) is 0 Å². The summed E-state index contributed by atoms with van der Waals surface area (Å²) in [4.78, 5) is 12.7. The highest BCUT2D eigenvalue weighted by atomic mass is 16.5. The number of carbonyl (C=O) groups is 1. The summed E-state index contributed by atoms with van der Waals surface area (Å²) in [7, 11) is 3.20. The summed E-state index contributed by atoms with van der Waals surface area (Å²) in [5.41, 5.74) is 3.36. The molecule has 0 aromatic heterocycles. The molecular formula is C22H30N2O3. The van der Waals surface area contributed by atoms with E-state index in [-0.39, 0.29) is 6.03 Å². The molecule has 2 rings (SSSR count). The van der Waals surface area contributed by atoms with Crippen LogP contribution >= 0.6 is 0 Å². The number of anilines is 1. The molecule has 2 aromatic rings. The van der Waals surface area contributed by atoms with Gasteiger partial charge in [-0.15, -0.1) is 0 Å². The van der Waals surface area contributed by atoms with Crippen molar-refractivity contribution in [3.05, 3.63) is 53.1 Å². The van der Waals surface area contributed by atoms with Crippen LogP contribution in [0.5, 0.6) is 11.5 Å². The lowest BCUT2D eigenvalue weighted by Crippen LogP contribution is -2.43. The Morgan fingerprint density at radius 1 is 1.04 bits per heavy atom. The minimum absolute atomic E-state index is 0.244. The Balaban J connectivity index is 2.23. The van der Waals surface area contributed by atoms with Crippen molar-refractivity contribution < 1.29 is 14.3 Å². The fourth-order valence-electron chi connectivity index (χ4n) is 3.07. The van der Waals surface area contributed by atoms with Crippen LogP contribution in [-0.4, -0.2) is 20.3 Å². The highest BCUT2D eigenvalue weighted by Crippen LogP contribution is 2.32. The molecule has 0 saturated heterocycles. The van der Waals surface area contributed by atoms with Gasteiger partial charge in [-0.05, 0) is 55.5 Å². The van der Waals surface area contributed by atoms with E-state index in [1.54, 1.807) is 14.2 Å². The summed E-state index contributed by atoms with van der Waals surface area (Å²) in [6.45, 7) is 10.1. The highest BCUT2D eigenvalue weighted by Gasteiger charge is 2.25. The summed E-state index contributed by atoms with van der Waals surface area (Å²) in [5, 5.41) is 6.09. The Bertz CT molecular complexity index is 813. The van der Waals surface area contributed by atoms with Crippen molar-refractivity contribution in [2.75, 3.05) is 19.5 Å². The lowest BCUT2D eigenvalue weighted by Gasteiger charge is -2.28. The van der Waals surface area contributed by atoms with E-state index in [1.807, 2.05) is 57.2 Å². The Kier molecular flexibility index (Phi) is 6.37. The highest BCUT2D eigenvalue weighted by molar-refractivity contribution is 5.91. The quantitative estimate of drug-likeness (QED) is 0.735. The Morgan fingerprint density at radius 2 is 1.70 bits per heavy atom. The van der Waals surface area contributed by atoms with E-state index in [1.165, 1.54) is 0 Å². The summed E-state index contributed by atoms with van der Waals surface area (Å²) in [6.07, 6.45) is 0. The minimum atomic E-state index is -0.593. The lowest BCUT2D eigenvalue weighted by molar-refractivity contribution is 0.241. The second-order valence-electron chi connectivity index (χ2n) is 7.47. The van der Waals surface area contributed by atoms with Crippen molar-refractivity contribution >= 4 is 11.7 Å². The van der Waals surface area contributed by atoms with Gasteiger partial charge in [-0.25, -0.2) is 4.79 Å². The molecule has 0 atom stereocenters. The molecule has 0 unspecified atom stereocenters. The molecule has 0 aliphatic carbocycles. The van der Waals surface area contributed by atoms with Crippen LogP contribution in [0, 0.1) is 6.92 Å². The van der Waals surface area contributed by atoms with Crippen LogP contribution in [0.3, 0.4) is 0 Å². The van der Waals surface area contributed by atoms with Gasteiger partial charge in [-0.3, -0.25) is 0 Å². The minimum Gasteiger partial charge on any atom is -0.493 e. The van der Waals surface area contributed by atoms with Gasteiger partial charge >= 0.3 is 6.03 Å². The lowest BCUT2D eigenvalue weighted by atomic mass is 9.94. The predicted octanol–water partition coefficient (Wildman–Crippen LogP) is 5.19. The number of aryl methyl sites for hydroxylation is 1. The average Bonchev–Trinajstić information content (AvgIpc) is 2.62. The van der Waals surface area contributed by atoms with Crippen LogP contribution in [-0.2, 0) is 5.54 Å². The fourth-order valence-corrected chi connectivity index (χ4v) is 3.07. The first-order valence-electron chi connectivity index (χ1n) is 9.10. The first kappa shape index (κ1) is 20.6. The molecule has 0 aliphatic heterocycles. The number of rotatable bonds is 6. The molecule has 2 aromatic carbocycles. The second kappa shape index (κ2) is 8.33. The molecule has 146 valence electrons. The molecule has 2 amide bonds. The number of urea groups is 1. The number of hydrogen-bond donors (Lipinski definition) is 2. The zero-order valence-corrected chi connectivity index (χ0v) is 17.3. The van der Waals surface area contributed by atoms with Gasteiger partial charge in [0.1, 0.15) is 0 Å².